The largest absolute Gasteiger partial charge is 0.489 e. The van der Waals surface area contributed by atoms with Crippen molar-refractivity contribution in [2.45, 2.75) is 33.4 Å². The van der Waals surface area contributed by atoms with Gasteiger partial charge in [-0.25, -0.2) is 0 Å². The Bertz CT molecular complexity index is 905. The van der Waals surface area contributed by atoms with E-state index in [0.717, 1.165) is 28.0 Å². The number of carbonyl (C=O) groups is 1. The lowest BCUT2D eigenvalue weighted by atomic mass is 10.0. The van der Waals surface area contributed by atoms with Gasteiger partial charge in [0.15, 0.2) is 0 Å². The van der Waals surface area contributed by atoms with Gasteiger partial charge in [-0.05, 0) is 56.2 Å². The number of ether oxygens (including phenoxy) is 1. The Morgan fingerprint density at radius 2 is 1.89 bits per heavy atom. The molecule has 0 aliphatic heterocycles. The van der Waals surface area contributed by atoms with Crippen LogP contribution in [0.5, 0.6) is 5.75 Å². The van der Waals surface area contributed by atoms with E-state index in [1.807, 2.05) is 75.4 Å². The van der Waals surface area contributed by atoms with Crippen molar-refractivity contribution >= 4 is 5.91 Å². The lowest BCUT2D eigenvalue weighted by Crippen LogP contribution is -2.27. The Labute approximate surface area is 160 Å². The van der Waals surface area contributed by atoms with Crippen LogP contribution < -0.4 is 10.1 Å². The molecule has 1 N–H and O–H groups in total. The molecule has 4 heteroatoms. The minimum absolute atomic E-state index is 0.0584. The Hall–Kier alpha value is -3.14. The minimum Gasteiger partial charge on any atom is -0.489 e. The molecule has 4 nitrogen and oxygen atoms in total. The maximum atomic E-state index is 12.5. The number of nitrogens with zero attached hydrogens (tertiary/aromatic N) is 1. The van der Waals surface area contributed by atoms with E-state index in [-0.39, 0.29) is 11.9 Å². The molecule has 0 saturated carbocycles. The van der Waals surface area contributed by atoms with E-state index >= 15 is 0 Å². The third-order valence-corrected chi connectivity index (χ3v) is 4.48. The van der Waals surface area contributed by atoms with Crippen LogP contribution in [0.4, 0.5) is 0 Å². The zero-order valence-corrected chi connectivity index (χ0v) is 15.9. The summed E-state index contributed by atoms with van der Waals surface area (Å²) in [7, 11) is 0. The number of hydrogen-bond donors (Lipinski definition) is 1. The summed E-state index contributed by atoms with van der Waals surface area (Å²) in [5.41, 5.74) is 4.90. The molecule has 3 aromatic rings. The topological polar surface area (TPSA) is 51.2 Å². The Kier molecular flexibility index (Phi) is 5.87. The van der Waals surface area contributed by atoms with E-state index in [4.69, 9.17) is 4.74 Å². The predicted octanol–water partition coefficient (Wildman–Crippen LogP) is 4.77. The monoisotopic (exact) mass is 360 g/mol. The first-order chi connectivity index (χ1) is 13.0. The highest BCUT2D eigenvalue weighted by Gasteiger charge is 2.13. The van der Waals surface area contributed by atoms with E-state index in [2.05, 4.69) is 10.3 Å². The standard InChI is InChI=1S/C23H24N2O2/c1-16-6-11-22(17(2)13-16)23(26)25-18(3)20-7-9-21(10-8-20)27-15-19-5-4-12-24-14-19/h4-14,18H,15H2,1-3H3,(H,25,26). The van der Waals surface area contributed by atoms with Crippen molar-refractivity contribution in [2.24, 2.45) is 0 Å². The van der Waals surface area contributed by atoms with Gasteiger partial charge >= 0.3 is 0 Å². The van der Waals surface area contributed by atoms with Gasteiger partial charge in [-0.15, -0.1) is 0 Å². The molecule has 27 heavy (non-hydrogen) atoms. The van der Waals surface area contributed by atoms with Gasteiger partial charge in [-0.2, -0.15) is 0 Å². The molecule has 0 aliphatic rings. The molecule has 0 spiro atoms. The van der Waals surface area contributed by atoms with E-state index in [1.54, 1.807) is 12.4 Å². The summed E-state index contributed by atoms with van der Waals surface area (Å²) in [6, 6.07) is 17.4. The maximum absolute atomic E-state index is 12.5. The zero-order valence-electron chi connectivity index (χ0n) is 15.9. The second-order valence-corrected chi connectivity index (χ2v) is 6.73. The normalized spacial score (nSPS) is 11.7. The van der Waals surface area contributed by atoms with Gasteiger partial charge in [0.05, 0.1) is 6.04 Å². The average molecular weight is 360 g/mol. The summed E-state index contributed by atoms with van der Waals surface area (Å²) in [6.45, 7) is 6.44. The minimum atomic E-state index is -0.0921. The number of rotatable bonds is 6. The fraction of sp³-hybridized carbons (Fsp3) is 0.217. The van der Waals surface area contributed by atoms with Crippen molar-refractivity contribution < 1.29 is 9.53 Å². The van der Waals surface area contributed by atoms with Crippen molar-refractivity contribution in [3.63, 3.8) is 0 Å². The Balaban J connectivity index is 1.60. The van der Waals surface area contributed by atoms with Crippen LogP contribution in [0.2, 0.25) is 0 Å². The van der Waals surface area contributed by atoms with Gasteiger partial charge in [-0.1, -0.05) is 35.9 Å². The Morgan fingerprint density at radius 1 is 1.11 bits per heavy atom. The first kappa shape index (κ1) is 18.6. The fourth-order valence-corrected chi connectivity index (χ4v) is 2.93. The lowest BCUT2D eigenvalue weighted by molar-refractivity contribution is 0.0939. The summed E-state index contributed by atoms with van der Waals surface area (Å²) in [5, 5.41) is 3.06. The van der Waals surface area contributed by atoms with Crippen LogP contribution in [-0.2, 0) is 6.61 Å². The first-order valence-electron chi connectivity index (χ1n) is 9.02. The van der Waals surface area contributed by atoms with Crippen LogP contribution in [0.25, 0.3) is 0 Å². The van der Waals surface area contributed by atoms with Crippen molar-refractivity contribution in [1.29, 1.82) is 0 Å². The molecule has 0 bridgehead atoms. The molecule has 1 aromatic heterocycles. The van der Waals surface area contributed by atoms with Gasteiger partial charge in [0, 0.05) is 23.5 Å². The number of benzene rings is 2. The number of hydrogen-bond acceptors (Lipinski definition) is 3. The number of aromatic nitrogens is 1. The SMILES string of the molecule is Cc1ccc(C(=O)NC(C)c2ccc(OCc3cccnc3)cc2)c(C)c1. The summed E-state index contributed by atoms with van der Waals surface area (Å²) < 4.78 is 5.78. The van der Waals surface area contributed by atoms with Crippen molar-refractivity contribution in [3.8, 4) is 5.75 Å². The van der Waals surface area contributed by atoms with Crippen LogP contribution in [0.3, 0.4) is 0 Å². The van der Waals surface area contributed by atoms with E-state index in [0.29, 0.717) is 12.2 Å². The van der Waals surface area contributed by atoms with Crippen LogP contribution in [0.15, 0.2) is 67.0 Å². The summed E-state index contributed by atoms with van der Waals surface area (Å²) in [4.78, 5) is 16.6. The van der Waals surface area contributed by atoms with Gasteiger partial charge < -0.3 is 10.1 Å². The molecule has 1 atom stereocenters. The molecule has 2 aromatic carbocycles. The molecule has 0 fully saturated rings. The van der Waals surface area contributed by atoms with Crippen molar-refractivity contribution in [1.82, 2.24) is 10.3 Å². The molecule has 1 heterocycles. The van der Waals surface area contributed by atoms with Crippen molar-refractivity contribution in [2.75, 3.05) is 0 Å². The quantitative estimate of drug-likeness (QED) is 0.689. The highest BCUT2D eigenvalue weighted by atomic mass is 16.5. The molecule has 0 saturated heterocycles. The van der Waals surface area contributed by atoms with E-state index in [1.165, 1.54) is 0 Å². The summed E-state index contributed by atoms with van der Waals surface area (Å²) in [5.74, 6) is 0.729. The Morgan fingerprint density at radius 3 is 2.56 bits per heavy atom. The lowest BCUT2D eigenvalue weighted by Gasteiger charge is -2.16. The number of nitrogens with one attached hydrogen (secondary N) is 1. The molecular weight excluding hydrogens is 336 g/mol. The second kappa shape index (κ2) is 8.49. The predicted molar refractivity (Wildman–Crippen MR) is 107 cm³/mol. The highest BCUT2D eigenvalue weighted by Crippen LogP contribution is 2.19. The first-order valence-corrected chi connectivity index (χ1v) is 9.02. The molecule has 3 rings (SSSR count). The van der Waals surface area contributed by atoms with Crippen LogP contribution in [0.1, 0.15) is 45.6 Å². The average Bonchev–Trinajstić information content (AvgIpc) is 2.67. The number of aryl methyl sites for hydroxylation is 2. The second-order valence-electron chi connectivity index (χ2n) is 6.73. The number of pyridine rings is 1. The highest BCUT2D eigenvalue weighted by molar-refractivity contribution is 5.95. The smallest absolute Gasteiger partial charge is 0.252 e. The van der Waals surface area contributed by atoms with E-state index in [9.17, 15) is 4.79 Å². The van der Waals surface area contributed by atoms with Crippen LogP contribution in [-0.4, -0.2) is 10.9 Å². The third-order valence-electron chi connectivity index (χ3n) is 4.48. The molecule has 0 aliphatic carbocycles. The van der Waals surface area contributed by atoms with Gasteiger partial charge in [-0.3, -0.25) is 9.78 Å². The van der Waals surface area contributed by atoms with Crippen LogP contribution >= 0.6 is 0 Å². The molecule has 0 radical (unpaired) electrons. The summed E-state index contributed by atoms with van der Waals surface area (Å²) in [6.07, 6.45) is 3.53. The molecule has 138 valence electrons. The van der Waals surface area contributed by atoms with Crippen LogP contribution in [0, 0.1) is 13.8 Å². The maximum Gasteiger partial charge on any atom is 0.252 e. The van der Waals surface area contributed by atoms with Gasteiger partial charge in [0.1, 0.15) is 12.4 Å². The molecule has 1 amide bonds. The zero-order chi connectivity index (χ0) is 19.2. The van der Waals surface area contributed by atoms with Crippen molar-refractivity contribution in [3.05, 3.63) is 94.8 Å². The number of amides is 1. The third kappa shape index (κ3) is 4.94. The summed E-state index contributed by atoms with van der Waals surface area (Å²) >= 11 is 0. The van der Waals surface area contributed by atoms with Gasteiger partial charge in [0.2, 0.25) is 0 Å². The molecule has 1 unspecified atom stereocenters. The number of carbonyl (C=O) groups excluding carboxylic acids is 1. The van der Waals surface area contributed by atoms with E-state index < -0.39 is 0 Å². The van der Waals surface area contributed by atoms with Gasteiger partial charge in [0.25, 0.3) is 5.91 Å². The molecular formula is C23H24N2O2. The fourth-order valence-electron chi connectivity index (χ4n) is 2.93.